The molecule has 9 nitrogen and oxygen atoms in total. The Labute approximate surface area is 177 Å². The van der Waals surface area contributed by atoms with Gasteiger partial charge >= 0.3 is 18.0 Å². The van der Waals surface area contributed by atoms with Crippen molar-refractivity contribution in [2.45, 2.75) is 13.1 Å². The van der Waals surface area contributed by atoms with Gasteiger partial charge in [-0.05, 0) is 11.6 Å². The van der Waals surface area contributed by atoms with Crippen LogP contribution in [0.1, 0.15) is 15.9 Å². The summed E-state index contributed by atoms with van der Waals surface area (Å²) in [4.78, 5) is 47.7. The number of ether oxygens (including phenoxy) is 2. The number of methoxy groups -OCH3 is 1. The number of hydrogen-bond acceptors (Lipinski definition) is 6. The Morgan fingerprint density at radius 1 is 0.968 bits per heavy atom. The van der Waals surface area contributed by atoms with Gasteiger partial charge in [-0.1, -0.05) is 48.5 Å². The summed E-state index contributed by atoms with van der Waals surface area (Å²) in [5.41, 5.74) is 1.84. The van der Waals surface area contributed by atoms with Gasteiger partial charge in [0.2, 0.25) is 0 Å². The van der Waals surface area contributed by atoms with Crippen molar-refractivity contribution in [1.29, 1.82) is 0 Å². The van der Waals surface area contributed by atoms with Crippen LogP contribution < -0.4 is 10.6 Å². The Morgan fingerprint density at radius 3 is 2.42 bits per heavy atom. The number of fused-ring (bicyclic) bond motifs is 1. The van der Waals surface area contributed by atoms with Crippen molar-refractivity contribution in [2.24, 2.45) is 0 Å². The topological polar surface area (TPSA) is 116 Å². The van der Waals surface area contributed by atoms with Crippen LogP contribution in [0, 0.1) is 0 Å². The van der Waals surface area contributed by atoms with Crippen LogP contribution in [0.3, 0.4) is 0 Å². The first-order valence-electron chi connectivity index (χ1n) is 9.41. The van der Waals surface area contributed by atoms with E-state index >= 15 is 0 Å². The summed E-state index contributed by atoms with van der Waals surface area (Å²) in [6.07, 6.45) is 1.49. The highest BCUT2D eigenvalue weighted by Crippen LogP contribution is 2.22. The maximum Gasteiger partial charge on any atom is 0.340 e. The molecule has 160 valence electrons. The maximum absolute atomic E-state index is 12.2. The molecule has 3 amide bonds. The van der Waals surface area contributed by atoms with Gasteiger partial charge in [-0.3, -0.25) is 14.9 Å². The lowest BCUT2D eigenvalue weighted by Crippen LogP contribution is -2.41. The number of carbonyl (C=O) groups is 4. The number of amides is 3. The molecule has 0 aliphatic heterocycles. The van der Waals surface area contributed by atoms with Crippen LogP contribution in [0.4, 0.5) is 4.79 Å². The van der Waals surface area contributed by atoms with E-state index in [-0.39, 0.29) is 13.1 Å². The largest absolute Gasteiger partial charge is 0.465 e. The number of hydrogen-bond donors (Lipinski definition) is 2. The van der Waals surface area contributed by atoms with Gasteiger partial charge in [-0.15, -0.1) is 0 Å². The number of para-hydroxylation sites is 1. The second-order valence-electron chi connectivity index (χ2n) is 6.56. The van der Waals surface area contributed by atoms with Crippen molar-refractivity contribution in [2.75, 3.05) is 13.7 Å². The van der Waals surface area contributed by atoms with E-state index in [4.69, 9.17) is 9.47 Å². The third kappa shape index (κ3) is 5.69. The first-order chi connectivity index (χ1) is 15.0. The van der Waals surface area contributed by atoms with Crippen LogP contribution in [0.15, 0.2) is 60.8 Å². The van der Waals surface area contributed by atoms with Crippen LogP contribution in [0.5, 0.6) is 0 Å². The number of rotatable bonds is 7. The van der Waals surface area contributed by atoms with E-state index in [0.29, 0.717) is 16.5 Å². The quantitative estimate of drug-likeness (QED) is 0.562. The number of esters is 2. The third-order valence-corrected chi connectivity index (χ3v) is 4.41. The van der Waals surface area contributed by atoms with Crippen LogP contribution in [-0.4, -0.2) is 42.2 Å². The molecule has 0 atom stereocenters. The Bertz CT molecular complexity index is 1110. The normalized spacial score (nSPS) is 10.4. The summed E-state index contributed by atoms with van der Waals surface area (Å²) >= 11 is 0. The zero-order valence-electron chi connectivity index (χ0n) is 16.8. The average molecular weight is 423 g/mol. The summed E-state index contributed by atoms with van der Waals surface area (Å²) < 4.78 is 11.3. The highest BCUT2D eigenvalue weighted by atomic mass is 16.5. The van der Waals surface area contributed by atoms with Crippen molar-refractivity contribution < 1.29 is 28.7 Å². The van der Waals surface area contributed by atoms with Gasteiger partial charge in [0.25, 0.3) is 5.91 Å². The minimum absolute atomic E-state index is 0.217. The molecule has 0 saturated carbocycles. The van der Waals surface area contributed by atoms with Gasteiger partial charge in [0.05, 0.1) is 12.7 Å². The molecule has 0 unspecified atom stereocenters. The molecule has 1 aromatic heterocycles. The summed E-state index contributed by atoms with van der Waals surface area (Å²) in [5.74, 6) is -1.98. The summed E-state index contributed by atoms with van der Waals surface area (Å²) in [5, 5.41) is 5.26. The fourth-order valence-electron chi connectivity index (χ4n) is 2.97. The van der Waals surface area contributed by atoms with Crippen molar-refractivity contribution in [3.05, 3.63) is 71.9 Å². The van der Waals surface area contributed by atoms with Crippen LogP contribution in [0.2, 0.25) is 0 Å². The number of nitrogens with zero attached hydrogens (tertiary/aromatic N) is 1. The molecule has 1 heterocycles. The van der Waals surface area contributed by atoms with E-state index < -0.39 is 30.5 Å². The molecule has 0 aliphatic carbocycles. The van der Waals surface area contributed by atoms with Gasteiger partial charge in [-0.25, -0.2) is 9.59 Å². The minimum Gasteiger partial charge on any atom is -0.465 e. The molecule has 31 heavy (non-hydrogen) atoms. The van der Waals surface area contributed by atoms with Crippen molar-refractivity contribution in [3.63, 3.8) is 0 Å². The third-order valence-electron chi connectivity index (χ3n) is 4.41. The van der Waals surface area contributed by atoms with E-state index in [1.54, 1.807) is 24.3 Å². The minimum atomic E-state index is -0.758. The van der Waals surface area contributed by atoms with Gasteiger partial charge in [0.1, 0.15) is 6.54 Å². The molecule has 0 aliphatic rings. The second-order valence-corrected chi connectivity index (χ2v) is 6.56. The van der Waals surface area contributed by atoms with Crippen LogP contribution >= 0.6 is 0 Å². The fourth-order valence-corrected chi connectivity index (χ4v) is 2.97. The molecule has 0 radical (unpaired) electrons. The number of aromatic nitrogens is 1. The lowest BCUT2D eigenvalue weighted by atomic mass is 10.2. The number of urea groups is 1. The zero-order chi connectivity index (χ0) is 22.2. The molecule has 9 heteroatoms. The molecule has 0 bridgehead atoms. The smallest absolute Gasteiger partial charge is 0.340 e. The number of carbonyl (C=O) groups excluding carboxylic acids is 4. The van der Waals surface area contributed by atoms with Gasteiger partial charge in [0.15, 0.2) is 6.61 Å². The Balaban J connectivity index is 1.50. The maximum atomic E-state index is 12.2. The van der Waals surface area contributed by atoms with Gasteiger partial charge in [-0.2, -0.15) is 0 Å². The molecule has 0 saturated heterocycles. The SMILES string of the molecule is COC(=O)c1cn(CC(=O)OCC(=O)NC(=O)NCc2ccccc2)c2ccccc12. The van der Waals surface area contributed by atoms with Gasteiger partial charge < -0.3 is 19.4 Å². The van der Waals surface area contributed by atoms with Crippen LogP contribution in [-0.2, 0) is 32.2 Å². The van der Waals surface area contributed by atoms with Crippen molar-refractivity contribution >= 4 is 34.8 Å². The number of benzene rings is 2. The Morgan fingerprint density at radius 2 is 1.68 bits per heavy atom. The fraction of sp³-hybridized carbons (Fsp3) is 0.182. The lowest BCUT2D eigenvalue weighted by Gasteiger charge is -2.08. The molecule has 0 fully saturated rings. The molecule has 3 aromatic rings. The molecule has 2 aromatic carbocycles. The highest BCUT2D eigenvalue weighted by Gasteiger charge is 2.17. The molecule has 2 N–H and O–H groups in total. The molecular formula is C22H21N3O6. The molecular weight excluding hydrogens is 402 g/mol. The van der Waals surface area contributed by atoms with Gasteiger partial charge in [0, 0.05) is 23.6 Å². The first-order valence-corrected chi connectivity index (χ1v) is 9.41. The predicted molar refractivity (Wildman–Crippen MR) is 111 cm³/mol. The Kier molecular flexibility index (Phi) is 7.00. The van der Waals surface area contributed by atoms with E-state index in [1.165, 1.54) is 17.9 Å². The van der Waals surface area contributed by atoms with Crippen LogP contribution in [0.25, 0.3) is 10.9 Å². The first kappa shape index (κ1) is 21.6. The van der Waals surface area contributed by atoms with E-state index in [1.807, 2.05) is 30.3 Å². The number of nitrogens with one attached hydrogen (secondary N) is 2. The highest BCUT2D eigenvalue weighted by molar-refractivity contribution is 6.04. The summed E-state index contributed by atoms with van der Waals surface area (Å²) in [7, 11) is 1.28. The number of imide groups is 1. The lowest BCUT2D eigenvalue weighted by molar-refractivity contribution is -0.148. The Hall–Kier alpha value is -4.14. The van der Waals surface area contributed by atoms with Crippen molar-refractivity contribution in [1.82, 2.24) is 15.2 Å². The predicted octanol–water partition coefficient (Wildman–Crippen LogP) is 2.00. The molecule has 0 spiro atoms. The average Bonchev–Trinajstić information content (AvgIpc) is 3.15. The van der Waals surface area contributed by atoms with Crippen molar-refractivity contribution in [3.8, 4) is 0 Å². The summed E-state index contributed by atoms with van der Waals surface area (Å²) in [6, 6.07) is 15.5. The standard InChI is InChI=1S/C22H21N3O6/c1-30-21(28)17-12-25(18-10-6-5-9-16(17)18)13-20(27)31-14-19(26)24-22(29)23-11-15-7-3-2-4-8-15/h2-10,12H,11,13-14H2,1H3,(H2,23,24,26,29). The zero-order valence-corrected chi connectivity index (χ0v) is 16.8. The van der Waals surface area contributed by atoms with E-state index in [0.717, 1.165) is 5.56 Å². The monoisotopic (exact) mass is 423 g/mol. The molecule has 3 rings (SSSR count). The van der Waals surface area contributed by atoms with E-state index in [2.05, 4.69) is 10.6 Å². The second kappa shape index (κ2) is 10.1. The van der Waals surface area contributed by atoms with E-state index in [9.17, 15) is 19.2 Å². The summed E-state index contributed by atoms with van der Waals surface area (Å²) in [6.45, 7) is -0.575.